The maximum Gasteiger partial charge on any atom is 0.159 e. The molecule has 19 aromatic carbocycles. The average Bonchev–Trinajstić information content (AvgIpc) is 1.56. The van der Waals surface area contributed by atoms with Gasteiger partial charge in [-0.3, -0.25) is 0 Å². The van der Waals surface area contributed by atoms with E-state index in [4.69, 9.17) is 8.83 Å². The lowest BCUT2D eigenvalue weighted by atomic mass is 9.93. The van der Waals surface area contributed by atoms with Crippen LogP contribution in [0.4, 0.5) is 0 Å². The lowest BCUT2D eigenvalue weighted by Crippen LogP contribution is -1.96. The van der Waals surface area contributed by atoms with Gasteiger partial charge in [0, 0.05) is 81.4 Å². The summed E-state index contributed by atoms with van der Waals surface area (Å²) in [7, 11) is 0. The molecule has 0 bridgehead atoms. The smallest absolute Gasteiger partial charge is 0.159 e. The molecule has 0 atom stereocenters. The highest BCUT2D eigenvalue weighted by molar-refractivity contribution is 6.22. The number of aromatic nitrogens is 4. The summed E-state index contributed by atoms with van der Waals surface area (Å²) in [5.41, 5.74) is 24.8. The van der Waals surface area contributed by atoms with Crippen molar-refractivity contribution in [1.82, 2.24) is 18.3 Å². The molecule has 0 aliphatic carbocycles. The summed E-state index contributed by atoms with van der Waals surface area (Å²) >= 11 is 0. The molecule has 0 radical (unpaired) electrons. The third-order valence-electron chi connectivity index (χ3n) is 23.8. The highest BCUT2D eigenvalue weighted by atomic mass is 16.3. The summed E-state index contributed by atoms with van der Waals surface area (Å²) in [5, 5.41) is 24.5. The van der Waals surface area contributed by atoms with E-state index >= 15 is 0 Å². The van der Waals surface area contributed by atoms with Gasteiger partial charge in [0.25, 0.3) is 0 Å². The molecule has 0 spiro atoms. The maximum atomic E-state index is 6.55. The molecule has 6 aromatic heterocycles. The summed E-state index contributed by atoms with van der Waals surface area (Å²) in [4.78, 5) is 0. The van der Waals surface area contributed by atoms with Crippen LogP contribution in [0.2, 0.25) is 0 Å². The van der Waals surface area contributed by atoms with Gasteiger partial charge in [0.15, 0.2) is 5.58 Å². The summed E-state index contributed by atoms with van der Waals surface area (Å²) in [5.74, 6) is 0. The number of hydrogen-bond donors (Lipinski definition) is 0. The summed E-state index contributed by atoms with van der Waals surface area (Å²) < 4.78 is 22.4. The number of para-hydroxylation sites is 7. The van der Waals surface area contributed by atoms with E-state index in [0.717, 1.165) is 72.0 Å². The molecule has 0 unspecified atom stereocenters. The van der Waals surface area contributed by atoms with E-state index < -0.39 is 0 Å². The van der Waals surface area contributed by atoms with Crippen LogP contribution in [-0.2, 0) is 0 Å². The van der Waals surface area contributed by atoms with E-state index in [1.54, 1.807) is 0 Å². The van der Waals surface area contributed by atoms with E-state index in [9.17, 15) is 0 Å². The van der Waals surface area contributed by atoms with Crippen molar-refractivity contribution in [1.29, 1.82) is 0 Å². The highest BCUT2D eigenvalue weighted by Gasteiger charge is 2.25. The summed E-state index contributed by atoms with van der Waals surface area (Å²) in [6, 6.07) is 141. The fourth-order valence-corrected chi connectivity index (χ4v) is 19.0. The predicted molar refractivity (Wildman–Crippen MR) is 471 cm³/mol. The lowest BCUT2D eigenvalue weighted by Gasteiger charge is -2.14. The number of benzene rings is 19. The molecule has 112 heavy (non-hydrogen) atoms. The first-order valence-corrected chi connectivity index (χ1v) is 38.4. The Bertz CT molecular complexity index is 8290. The minimum atomic E-state index is 0.902. The molecular weight excluding hydrogens is 1360 g/mol. The predicted octanol–water partition coefficient (Wildman–Crippen LogP) is 29.2. The summed E-state index contributed by atoms with van der Waals surface area (Å²) in [6.07, 6.45) is 0. The second-order valence-corrected chi connectivity index (χ2v) is 29.7. The zero-order valence-electron chi connectivity index (χ0n) is 60.6. The topological polar surface area (TPSA) is 46.0 Å². The highest BCUT2D eigenvalue weighted by Crippen LogP contribution is 2.47. The molecule has 25 rings (SSSR count). The first-order chi connectivity index (χ1) is 55.6. The van der Waals surface area contributed by atoms with Crippen LogP contribution in [0.25, 0.3) is 230 Å². The number of fused-ring (bicyclic) bond motifs is 24. The second-order valence-electron chi connectivity index (χ2n) is 29.7. The Labute approximate surface area is 641 Å². The van der Waals surface area contributed by atoms with Crippen molar-refractivity contribution in [2.75, 3.05) is 0 Å². The van der Waals surface area contributed by atoms with Gasteiger partial charge in [0.05, 0.1) is 55.5 Å². The SMILES string of the molecule is c1cc(-c2cc3ccccc3c3ccccc23)cc(-n2c3ccccc3c3c(-c4ccc5c(c4)c4ccccc4n5-c4ccc5oc6ccccc6c5c4)cccc32)c1.c1ccc2c(c1)cc(-n1c3ccccc3c3c(-c4ccc5c(c4)c4ccccc4n5-c4cccc5c4oc4ccccc45)cccc31)c1ccccc12. The molecule has 0 aliphatic rings. The second kappa shape index (κ2) is 24.3. The van der Waals surface area contributed by atoms with Crippen LogP contribution in [0.3, 0.4) is 0 Å². The van der Waals surface area contributed by atoms with Crippen molar-refractivity contribution in [2.45, 2.75) is 0 Å². The Balaban J connectivity index is 0.000000131. The zero-order valence-corrected chi connectivity index (χ0v) is 60.6. The van der Waals surface area contributed by atoms with E-state index in [1.807, 2.05) is 18.2 Å². The number of nitrogens with zero attached hydrogens (tertiary/aromatic N) is 4. The van der Waals surface area contributed by atoms with Crippen LogP contribution in [0.15, 0.2) is 397 Å². The molecule has 6 heteroatoms. The Morgan fingerprint density at radius 3 is 1.22 bits per heavy atom. The Morgan fingerprint density at radius 1 is 0.170 bits per heavy atom. The lowest BCUT2D eigenvalue weighted by molar-refractivity contribution is 0.666. The Kier molecular flexibility index (Phi) is 13.5. The van der Waals surface area contributed by atoms with Crippen molar-refractivity contribution in [3.05, 3.63) is 388 Å². The molecule has 0 fully saturated rings. The van der Waals surface area contributed by atoms with E-state index in [0.29, 0.717) is 0 Å². The third kappa shape index (κ3) is 9.21. The molecule has 0 N–H and O–H groups in total. The molecule has 6 heterocycles. The number of hydrogen-bond acceptors (Lipinski definition) is 2. The monoisotopic (exact) mass is 1420 g/mol. The van der Waals surface area contributed by atoms with Gasteiger partial charge in [-0.1, -0.05) is 267 Å². The van der Waals surface area contributed by atoms with Crippen molar-refractivity contribution >= 4 is 174 Å². The molecule has 0 saturated carbocycles. The first kappa shape index (κ1) is 62.1. The van der Waals surface area contributed by atoms with Crippen LogP contribution in [-0.4, -0.2) is 18.3 Å². The minimum absolute atomic E-state index is 0.902. The molecule has 0 amide bonds. The normalized spacial score (nSPS) is 12.1. The third-order valence-corrected chi connectivity index (χ3v) is 23.8. The Morgan fingerprint density at radius 2 is 0.571 bits per heavy atom. The van der Waals surface area contributed by atoms with Gasteiger partial charge in [0.2, 0.25) is 0 Å². The molecule has 520 valence electrons. The molecule has 25 aromatic rings. The first-order valence-electron chi connectivity index (χ1n) is 38.4. The molecular formula is C106H64N4O2. The van der Waals surface area contributed by atoms with Gasteiger partial charge in [-0.15, -0.1) is 0 Å². The Hall–Kier alpha value is -15.0. The fraction of sp³-hybridized carbons (Fsp3) is 0. The van der Waals surface area contributed by atoms with Crippen molar-refractivity contribution in [2.24, 2.45) is 0 Å². The van der Waals surface area contributed by atoms with E-state index in [-0.39, 0.29) is 0 Å². The standard InChI is InChI=1S/C56H34N2O.C50H30N2O/c1-2-16-40-36(13-1)32-47(43-18-4-3-17-42(40)43)35-14-11-15-38(31-35)58-51-24-9-6-21-46(51)56-41(22-12-25-53(56)58)37-27-29-52-48(33-37)44-19-5-8-23-50(44)57(52)39-28-30-55-49(34-39)45-20-7-10-26-54(45)59-55;1-2-14-33-31(13-1)30-47(36-16-4-3-15-35(33)36)52-43-23-9-6-19-40(43)49-34(20-11-24-45(49)52)32-27-28-44-41(29-32)37-17-5-8-22-42(37)51(44)46-25-12-21-39-38-18-7-10-26-48(38)53-50(39)46/h1-34H;1-30H. The van der Waals surface area contributed by atoms with Crippen molar-refractivity contribution < 1.29 is 8.83 Å². The van der Waals surface area contributed by atoms with Gasteiger partial charge >= 0.3 is 0 Å². The molecule has 6 nitrogen and oxygen atoms in total. The van der Waals surface area contributed by atoms with Gasteiger partial charge < -0.3 is 27.1 Å². The maximum absolute atomic E-state index is 6.55. The van der Waals surface area contributed by atoms with Gasteiger partial charge in [0.1, 0.15) is 16.7 Å². The van der Waals surface area contributed by atoms with Crippen LogP contribution >= 0.6 is 0 Å². The van der Waals surface area contributed by atoms with Gasteiger partial charge in [-0.25, -0.2) is 0 Å². The summed E-state index contributed by atoms with van der Waals surface area (Å²) in [6.45, 7) is 0. The average molecular weight is 1430 g/mol. The number of furan rings is 2. The largest absolute Gasteiger partial charge is 0.456 e. The van der Waals surface area contributed by atoms with Gasteiger partial charge in [-0.05, 0) is 192 Å². The van der Waals surface area contributed by atoms with Crippen LogP contribution in [0.5, 0.6) is 0 Å². The van der Waals surface area contributed by atoms with Crippen LogP contribution in [0, 0.1) is 0 Å². The van der Waals surface area contributed by atoms with Gasteiger partial charge in [-0.2, -0.15) is 0 Å². The number of rotatable bonds is 7. The molecule has 0 saturated heterocycles. The quantitative estimate of drug-likeness (QED) is 0.149. The van der Waals surface area contributed by atoms with E-state index in [1.165, 1.54) is 158 Å². The van der Waals surface area contributed by atoms with Crippen LogP contribution < -0.4 is 0 Å². The van der Waals surface area contributed by atoms with Crippen molar-refractivity contribution in [3.8, 4) is 56.1 Å². The molecule has 0 aliphatic heterocycles. The minimum Gasteiger partial charge on any atom is -0.456 e. The fourth-order valence-electron chi connectivity index (χ4n) is 19.0. The van der Waals surface area contributed by atoms with Crippen molar-refractivity contribution in [3.63, 3.8) is 0 Å². The van der Waals surface area contributed by atoms with Crippen LogP contribution in [0.1, 0.15) is 0 Å². The zero-order chi connectivity index (χ0) is 73.2. The van der Waals surface area contributed by atoms with E-state index in [2.05, 4.69) is 388 Å².